The van der Waals surface area contributed by atoms with Crippen LogP contribution < -0.4 is 9.47 Å². The molecule has 0 atom stereocenters. The molecule has 9 heteroatoms. The van der Waals surface area contributed by atoms with Crippen molar-refractivity contribution >= 4 is 40.6 Å². The largest absolute Gasteiger partial charge is 0.493 e. The van der Waals surface area contributed by atoms with Gasteiger partial charge in [0, 0.05) is 20.3 Å². The lowest BCUT2D eigenvalue weighted by atomic mass is 10.1. The molecule has 1 aliphatic heterocycles. The van der Waals surface area contributed by atoms with Gasteiger partial charge in [0.25, 0.3) is 11.1 Å². The summed E-state index contributed by atoms with van der Waals surface area (Å²) in [5, 5.41) is -0.0539. The predicted molar refractivity (Wildman–Crippen MR) is 118 cm³/mol. The summed E-state index contributed by atoms with van der Waals surface area (Å²) in [6.45, 7) is 0.866. The lowest BCUT2D eigenvalue weighted by Crippen LogP contribution is -2.29. The Morgan fingerprint density at radius 2 is 2.00 bits per heavy atom. The molecule has 0 saturated carbocycles. The second-order valence-electron chi connectivity index (χ2n) is 6.63. The third-order valence-electron chi connectivity index (χ3n) is 4.43. The van der Waals surface area contributed by atoms with Crippen LogP contribution in [0.5, 0.6) is 11.5 Å². The second-order valence-corrected chi connectivity index (χ2v) is 8.03. The molecule has 164 valence electrons. The van der Waals surface area contributed by atoms with Crippen molar-refractivity contribution in [2.24, 2.45) is 0 Å². The van der Waals surface area contributed by atoms with E-state index in [2.05, 4.69) is 0 Å². The molecule has 1 saturated heterocycles. The standard InChI is InChI=1S/C22H21ClFNO5S/c1-28-8-4-7-25-21(26)19(31-22(25)27)12-15-10-17(23)20(18(11-15)29-2)30-13-14-5-3-6-16(24)9-14/h3,5-6,9-12H,4,7-8,13H2,1-2H3/b19-12+. The van der Waals surface area contributed by atoms with Crippen molar-refractivity contribution < 1.29 is 28.2 Å². The second kappa shape index (κ2) is 10.7. The highest BCUT2D eigenvalue weighted by atomic mass is 35.5. The number of hydrogen-bond donors (Lipinski definition) is 0. The zero-order chi connectivity index (χ0) is 22.4. The van der Waals surface area contributed by atoms with Crippen molar-refractivity contribution in [3.8, 4) is 11.5 Å². The quantitative estimate of drug-likeness (QED) is 0.377. The van der Waals surface area contributed by atoms with Crippen LogP contribution in [0.1, 0.15) is 17.5 Å². The van der Waals surface area contributed by atoms with Gasteiger partial charge in [-0.05, 0) is 59.7 Å². The van der Waals surface area contributed by atoms with Crippen molar-refractivity contribution in [2.75, 3.05) is 27.4 Å². The number of halogens is 2. The van der Waals surface area contributed by atoms with Crippen LogP contribution in [-0.4, -0.2) is 43.4 Å². The fraction of sp³-hybridized carbons (Fsp3) is 0.273. The third-order valence-corrected chi connectivity index (χ3v) is 5.61. The Labute approximate surface area is 188 Å². The van der Waals surface area contributed by atoms with Crippen molar-refractivity contribution in [3.63, 3.8) is 0 Å². The van der Waals surface area contributed by atoms with Gasteiger partial charge in [0.05, 0.1) is 17.0 Å². The molecular formula is C22H21ClFNO5S. The van der Waals surface area contributed by atoms with E-state index in [1.54, 1.807) is 37.5 Å². The van der Waals surface area contributed by atoms with E-state index in [-0.39, 0.29) is 28.6 Å². The molecule has 0 aliphatic carbocycles. The summed E-state index contributed by atoms with van der Waals surface area (Å²) in [5.74, 6) is -0.0500. The Morgan fingerprint density at radius 3 is 2.71 bits per heavy atom. The van der Waals surface area contributed by atoms with Gasteiger partial charge in [-0.1, -0.05) is 23.7 Å². The number of amides is 2. The summed E-state index contributed by atoms with van der Waals surface area (Å²) in [6, 6.07) is 9.33. The summed E-state index contributed by atoms with van der Waals surface area (Å²) in [4.78, 5) is 26.2. The molecule has 0 spiro atoms. The first-order valence-electron chi connectivity index (χ1n) is 9.42. The van der Waals surface area contributed by atoms with Gasteiger partial charge in [0.2, 0.25) is 0 Å². The highest BCUT2D eigenvalue weighted by Gasteiger charge is 2.34. The van der Waals surface area contributed by atoms with Gasteiger partial charge in [-0.3, -0.25) is 14.5 Å². The fourth-order valence-corrected chi connectivity index (χ4v) is 4.10. The molecule has 1 heterocycles. The summed E-state index contributed by atoms with van der Waals surface area (Å²) in [6.07, 6.45) is 2.16. The molecule has 2 amide bonds. The Balaban J connectivity index is 1.78. The van der Waals surface area contributed by atoms with E-state index in [9.17, 15) is 14.0 Å². The van der Waals surface area contributed by atoms with E-state index < -0.39 is 0 Å². The van der Waals surface area contributed by atoms with Crippen LogP contribution in [0.15, 0.2) is 41.3 Å². The van der Waals surface area contributed by atoms with Crippen LogP contribution in [-0.2, 0) is 16.1 Å². The number of nitrogens with zero attached hydrogens (tertiary/aromatic N) is 1. The molecule has 1 aliphatic rings. The number of thioether (sulfide) groups is 1. The number of ether oxygens (including phenoxy) is 3. The van der Waals surface area contributed by atoms with Gasteiger partial charge in [0.15, 0.2) is 11.5 Å². The van der Waals surface area contributed by atoms with Gasteiger partial charge in [-0.2, -0.15) is 0 Å². The molecule has 0 N–H and O–H groups in total. The van der Waals surface area contributed by atoms with Crippen LogP contribution in [0.4, 0.5) is 9.18 Å². The molecule has 6 nitrogen and oxygen atoms in total. The molecule has 2 aromatic carbocycles. The van der Waals surface area contributed by atoms with Crippen molar-refractivity contribution in [3.05, 3.63) is 63.3 Å². The minimum absolute atomic E-state index is 0.105. The van der Waals surface area contributed by atoms with Gasteiger partial charge in [-0.15, -0.1) is 0 Å². The summed E-state index contributed by atoms with van der Waals surface area (Å²) in [5.41, 5.74) is 1.23. The number of carbonyl (C=O) groups excluding carboxylic acids is 2. The van der Waals surface area contributed by atoms with Crippen LogP contribution in [0.3, 0.4) is 0 Å². The van der Waals surface area contributed by atoms with E-state index in [0.29, 0.717) is 47.1 Å². The van der Waals surface area contributed by atoms with Crippen molar-refractivity contribution in [1.29, 1.82) is 0 Å². The van der Waals surface area contributed by atoms with Gasteiger partial charge in [0.1, 0.15) is 12.4 Å². The normalized spacial score (nSPS) is 15.1. The maximum absolute atomic E-state index is 13.4. The minimum Gasteiger partial charge on any atom is -0.493 e. The zero-order valence-corrected chi connectivity index (χ0v) is 18.6. The topological polar surface area (TPSA) is 65.1 Å². The van der Waals surface area contributed by atoms with Gasteiger partial charge < -0.3 is 14.2 Å². The average molecular weight is 466 g/mol. The van der Waals surface area contributed by atoms with Crippen molar-refractivity contribution in [1.82, 2.24) is 4.90 Å². The lowest BCUT2D eigenvalue weighted by molar-refractivity contribution is -0.122. The molecule has 3 rings (SSSR count). The Bertz CT molecular complexity index is 1010. The Hall–Kier alpha value is -2.55. The maximum Gasteiger partial charge on any atom is 0.293 e. The first-order chi connectivity index (χ1) is 14.9. The number of benzene rings is 2. The molecule has 0 unspecified atom stereocenters. The fourth-order valence-electron chi connectivity index (χ4n) is 2.96. The number of carbonyl (C=O) groups is 2. The lowest BCUT2D eigenvalue weighted by Gasteiger charge is -2.14. The molecule has 0 radical (unpaired) electrons. The smallest absolute Gasteiger partial charge is 0.293 e. The van der Waals surface area contributed by atoms with E-state index in [1.807, 2.05) is 0 Å². The predicted octanol–water partition coefficient (Wildman–Crippen LogP) is 5.14. The van der Waals surface area contributed by atoms with Crippen LogP contribution in [0.25, 0.3) is 6.08 Å². The highest BCUT2D eigenvalue weighted by Crippen LogP contribution is 2.39. The van der Waals surface area contributed by atoms with Crippen LogP contribution in [0, 0.1) is 5.82 Å². The number of methoxy groups -OCH3 is 2. The van der Waals surface area contributed by atoms with E-state index in [4.69, 9.17) is 25.8 Å². The van der Waals surface area contributed by atoms with Gasteiger partial charge >= 0.3 is 0 Å². The van der Waals surface area contributed by atoms with E-state index >= 15 is 0 Å². The first kappa shape index (κ1) is 23.1. The Morgan fingerprint density at radius 1 is 1.19 bits per heavy atom. The molecular weight excluding hydrogens is 445 g/mol. The van der Waals surface area contributed by atoms with E-state index in [1.165, 1.54) is 24.1 Å². The monoisotopic (exact) mass is 465 g/mol. The summed E-state index contributed by atoms with van der Waals surface area (Å²) < 4.78 is 29.5. The van der Waals surface area contributed by atoms with Crippen LogP contribution in [0.2, 0.25) is 5.02 Å². The van der Waals surface area contributed by atoms with Crippen molar-refractivity contribution in [2.45, 2.75) is 13.0 Å². The highest BCUT2D eigenvalue weighted by molar-refractivity contribution is 8.18. The summed E-state index contributed by atoms with van der Waals surface area (Å²) in [7, 11) is 3.03. The summed E-state index contributed by atoms with van der Waals surface area (Å²) >= 11 is 7.26. The SMILES string of the molecule is COCCCN1C(=O)S/C(=C/c2cc(Cl)c(OCc3cccc(F)c3)c(OC)c2)C1=O. The number of imide groups is 1. The number of hydrogen-bond acceptors (Lipinski definition) is 6. The molecule has 31 heavy (non-hydrogen) atoms. The zero-order valence-electron chi connectivity index (χ0n) is 17.0. The molecule has 0 aromatic heterocycles. The number of rotatable bonds is 9. The Kier molecular flexibility index (Phi) is 7.95. The molecule has 2 aromatic rings. The average Bonchev–Trinajstić information content (AvgIpc) is 3.00. The minimum atomic E-state index is -0.356. The van der Waals surface area contributed by atoms with Crippen LogP contribution >= 0.6 is 23.4 Å². The molecule has 0 bridgehead atoms. The molecule has 1 fully saturated rings. The third kappa shape index (κ3) is 5.78. The van der Waals surface area contributed by atoms with E-state index in [0.717, 1.165) is 11.8 Å². The maximum atomic E-state index is 13.4. The first-order valence-corrected chi connectivity index (χ1v) is 10.6. The van der Waals surface area contributed by atoms with Gasteiger partial charge in [-0.25, -0.2) is 4.39 Å².